The zero-order valence-electron chi connectivity index (χ0n) is 15.4. The van der Waals surface area contributed by atoms with Gasteiger partial charge in [-0.25, -0.2) is 8.42 Å². The fraction of sp³-hybridized carbons (Fsp3) is 0.529. The number of rotatable bonds is 8. The standard InChI is InChI=1S/C17H27N3O4S/c1-13(21)19-14-6-8-15(9-7-14)25(23,24)11-10-16(22)18-12-17(2,3)20(4)5/h6-9H,10-12H2,1-5H3,(H,18,22)(H,19,21). The van der Waals surface area contributed by atoms with Crippen LogP contribution in [0.5, 0.6) is 0 Å². The van der Waals surface area contributed by atoms with Crippen molar-refractivity contribution in [3.63, 3.8) is 0 Å². The molecule has 0 saturated carbocycles. The Labute approximate surface area is 149 Å². The molecule has 0 bridgehead atoms. The first kappa shape index (κ1) is 21.1. The number of carbonyl (C=O) groups excluding carboxylic acids is 2. The number of nitrogens with zero attached hydrogens (tertiary/aromatic N) is 1. The molecule has 8 heteroatoms. The molecule has 0 aromatic heterocycles. The first-order valence-electron chi connectivity index (χ1n) is 7.98. The molecule has 1 rings (SSSR count). The van der Waals surface area contributed by atoms with Crippen LogP contribution in [0.2, 0.25) is 0 Å². The summed E-state index contributed by atoms with van der Waals surface area (Å²) in [7, 11) is 0.281. The van der Waals surface area contributed by atoms with Crippen LogP contribution in [0.25, 0.3) is 0 Å². The minimum atomic E-state index is -3.55. The Morgan fingerprint density at radius 2 is 1.68 bits per heavy atom. The van der Waals surface area contributed by atoms with E-state index in [4.69, 9.17) is 0 Å². The van der Waals surface area contributed by atoms with E-state index in [0.717, 1.165) is 0 Å². The van der Waals surface area contributed by atoms with Crippen molar-refractivity contribution in [3.05, 3.63) is 24.3 Å². The monoisotopic (exact) mass is 369 g/mol. The second-order valence-corrected chi connectivity index (χ2v) is 8.87. The molecule has 0 fully saturated rings. The highest BCUT2D eigenvalue weighted by Gasteiger charge is 2.22. The molecule has 1 aromatic rings. The normalized spacial score (nSPS) is 12.1. The molecule has 0 saturated heterocycles. The number of sulfone groups is 1. The topological polar surface area (TPSA) is 95.6 Å². The van der Waals surface area contributed by atoms with Crippen molar-refractivity contribution >= 4 is 27.3 Å². The summed E-state index contributed by atoms with van der Waals surface area (Å²) in [5, 5.41) is 5.34. The minimum absolute atomic E-state index is 0.0979. The number of hydrogen-bond acceptors (Lipinski definition) is 5. The van der Waals surface area contributed by atoms with Gasteiger partial charge >= 0.3 is 0 Å². The predicted octanol–water partition coefficient (Wildman–Crippen LogP) is 1.27. The highest BCUT2D eigenvalue weighted by molar-refractivity contribution is 7.91. The average Bonchev–Trinajstić information content (AvgIpc) is 2.51. The van der Waals surface area contributed by atoms with E-state index >= 15 is 0 Å². The van der Waals surface area contributed by atoms with Gasteiger partial charge in [0, 0.05) is 31.1 Å². The van der Waals surface area contributed by atoms with Crippen LogP contribution in [-0.4, -0.2) is 57.1 Å². The number of hydrogen-bond donors (Lipinski definition) is 2. The number of benzene rings is 1. The fourth-order valence-corrected chi connectivity index (χ4v) is 3.10. The molecule has 7 nitrogen and oxygen atoms in total. The summed E-state index contributed by atoms with van der Waals surface area (Å²) in [5.74, 6) is -0.790. The maximum atomic E-state index is 12.3. The van der Waals surface area contributed by atoms with Crippen LogP contribution in [-0.2, 0) is 19.4 Å². The van der Waals surface area contributed by atoms with Crippen molar-refractivity contribution in [1.29, 1.82) is 0 Å². The van der Waals surface area contributed by atoms with Gasteiger partial charge in [0.2, 0.25) is 11.8 Å². The van der Waals surface area contributed by atoms with E-state index < -0.39 is 9.84 Å². The lowest BCUT2D eigenvalue weighted by Crippen LogP contribution is -2.48. The van der Waals surface area contributed by atoms with E-state index in [1.165, 1.54) is 31.2 Å². The summed E-state index contributed by atoms with van der Waals surface area (Å²) < 4.78 is 24.6. The van der Waals surface area contributed by atoms with Gasteiger partial charge in [-0.15, -0.1) is 0 Å². The maximum absolute atomic E-state index is 12.3. The van der Waals surface area contributed by atoms with E-state index in [-0.39, 0.29) is 34.4 Å². The van der Waals surface area contributed by atoms with Crippen molar-refractivity contribution in [2.24, 2.45) is 0 Å². The van der Waals surface area contributed by atoms with Gasteiger partial charge in [-0.1, -0.05) is 0 Å². The van der Waals surface area contributed by atoms with Gasteiger partial charge in [0.15, 0.2) is 9.84 Å². The number of carbonyl (C=O) groups is 2. The van der Waals surface area contributed by atoms with Gasteiger partial charge in [0.25, 0.3) is 0 Å². The molecule has 2 amide bonds. The van der Waals surface area contributed by atoms with Crippen molar-refractivity contribution in [2.45, 2.75) is 37.6 Å². The zero-order chi connectivity index (χ0) is 19.3. The molecule has 0 heterocycles. The van der Waals surface area contributed by atoms with Crippen LogP contribution in [0.4, 0.5) is 5.69 Å². The van der Waals surface area contributed by atoms with Crippen LogP contribution in [0.15, 0.2) is 29.2 Å². The Morgan fingerprint density at radius 3 is 2.16 bits per heavy atom. The summed E-state index contributed by atoms with van der Waals surface area (Å²) in [4.78, 5) is 25.0. The Bertz CT molecular complexity index is 710. The third-order valence-electron chi connectivity index (χ3n) is 4.06. The molecule has 0 aliphatic rings. The van der Waals surface area contributed by atoms with Crippen molar-refractivity contribution in [2.75, 3.05) is 31.7 Å². The molecule has 0 radical (unpaired) electrons. The van der Waals surface area contributed by atoms with Crippen LogP contribution in [0, 0.1) is 0 Å². The Morgan fingerprint density at radius 1 is 1.12 bits per heavy atom. The summed E-state index contributed by atoms with van der Waals surface area (Å²) in [6, 6.07) is 5.89. The summed E-state index contributed by atoms with van der Waals surface area (Å²) in [5.41, 5.74) is 0.309. The predicted molar refractivity (Wildman–Crippen MR) is 98.2 cm³/mol. The number of anilines is 1. The second kappa shape index (κ2) is 8.44. The SMILES string of the molecule is CC(=O)Nc1ccc(S(=O)(=O)CCC(=O)NCC(C)(C)N(C)C)cc1. The molecule has 0 spiro atoms. The van der Waals surface area contributed by atoms with E-state index in [2.05, 4.69) is 10.6 Å². The van der Waals surface area contributed by atoms with E-state index in [1.807, 2.05) is 32.8 Å². The lowest BCUT2D eigenvalue weighted by atomic mass is 10.0. The average molecular weight is 369 g/mol. The molecular formula is C17H27N3O4S. The van der Waals surface area contributed by atoms with Gasteiger partial charge in [-0.3, -0.25) is 9.59 Å². The molecule has 140 valence electrons. The molecule has 0 aliphatic heterocycles. The fourth-order valence-electron chi connectivity index (χ4n) is 1.86. The van der Waals surface area contributed by atoms with Gasteiger partial charge in [-0.2, -0.15) is 0 Å². The number of likely N-dealkylation sites (N-methyl/N-ethyl adjacent to an activating group) is 1. The van der Waals surface area contributed by atoms with Crippen LogP contribution in [0.3, 0.4) is 0 Å². The molecule has 2 N–H and O–H groups in total. The van der Waals surface area contributed by atoms with Crippen molar-refractivity contribution < 1.29 is 18.0 Å². The number of nitrogens with one attached hydrogen (secondary N) is 2. The van der Waals surface area contributed by atoms with Crippen LogP contribution in [0.1, 0.15) is 27.2 Å². The Kier molecular flexibility index (Phi) is 7.13. The minimum Gasteiger partial charge on any atom is -0.354 e. The van der Waals surface area contributed by atoms with Crippen molar-refractivity contribution in [1.82, 2.24) is 10.2 Å². The molecule has 0 atom stereocenters. The molecular weight excluding hydrogens is 342 g/mol. The third kappa shape index (κ3) is 6.83. The highest BCUT2D eigenvalue weighted by Crippen LogP contribution is 2.16. The maximum Gasteiger partial charge on any atom is 0.221 e. The Hall–Kier alpha value is -1.93. The smallest absolute Gasteiger partial charge is 0.221 e. The first-order chi connectivity index (χ1) is 11.4. The first-order valence-corrected chi connectivity index (χ1v) is 9.64. The molecule has 0 aliphatic carbocycles. The molecule has 1 aromatic carbocycles. The van der Waals surface area contributed by atoms with Gasteiger partial charge in [0.05, 0.1) is 10.6 Å². The Balaban J connectivity index is 2.60. The van der Waals surface area contributed by atoms with Gasteiger partial charge in [0.1, 0.15) is 0 Å². The summed E-state index contributed by atoms with van der Waals surface area (Å²) in [6.07, 6.45) is -0.0979. The van der Waals surface area contributed by atoms with Gasteiger partial charge < -0.3 is 15.5 Å². The van der Waals surface area contributed by atoms with E-state index in [9.17, 15) is 18.0 Å². The van der Waals surface area contributed by atoms with Crippen LogP contribution >= 0.6 is 0 Å². The van der Waals surface area contributed by atoms with E-state index in [0.29, 0.717) is 12.2 Å². The van der Waals surface area contributed by atoms with Crippen molar-refractivity contribution in [3.8, 4) is 0 Å². The molecule has 0 unspecified atom stereocenters. The second-order valence-electron chi connectivity index (χ2n) is 6.76. The zero-order valence-corrected chi connectivity index (χ0v) is 16.2. The van der Waals surface area contributed by atoms with E-state index in [1.54, 1.807) is 0 Å². The summed E-state index contributed by atoms with van der Waals surface area (Å²) >= 11 is 0. The van der Waals surface area contributed by atoms with Crippen LogP contribution < -0.4 is 10.6 Å². The lowest BCUT2D eigenvalue weighted by Gasteiger charge is -2.32. The largest absolute Gasteiger partial charge is 0.354 e. The van der Waals surface area contributed by atoms with Gasteiger partial charge in [-0.05, 0) is 52.2 Å². The highest BCUT2D eigenvalue weighted by atomic mass is 32.2. The summed E-state index contributed by atoms with van der Waals surface area (Å²) in [6.45, 7) is 5.78. The third-order valence-corrected chi connectivity index (χ3v) is 5.79. The quantitative estimate of drug-likeness (QED) is 0.719. The lowest BCUT2D eigenvalue weighted by molar-refractivity contribution is -0.121. The number of amides is 2. The molecule has 25 heavy (non-hydrogen) atoms.